The van der Waals surface area contributed by atoms with Gasteiger partial charge in [0, 0.05) is 12.3 Å². The smallest absolute Gasteiger partial charge is 0.407 e. The van der Waals surface area contributed by atoms with Crippen LogP contribution in [-0.4, -0.2) is 72.4 Å². The van der Waals surface area contributed by atoms with Crippen LogP contribution in [0.25, 0.3) is 0 Å². The summed E-state index contributed by atoms with van der Waals surface area (Å²) in [7, 11) is 0. The minimum absolute atomic E-state index is 0.0763. The van der Waals surface area contributed by atoms with E-state index in [1.54, 1.807) is 26.0 Å². The summed E-state index contributed by atoms with van der Waals surface area (Å²) < 4.78 is 5.21. The summed E-state index contributed by atoms with van der Waals surface area (Å²) in [5.41, 5.74) is 0.742. The number of thioether (sulfide) groups is 1. The fraction of sp³-hybridized carbons (Fsp3) is 0.727. The van der Waals surface area contributed by atoms with Gasteiger partial charge in [-0.1, -0.05) is 86.1 Å². The largest absolute Gasteiger partial charge is 0.449 e. The molecule has 0 saturated carbocycles. The second-order valence-electron chi connectivity index (χ2n) is 12.4. The number of ether oxygens (including phenoxy) is 1. The van der Waals surface area contributed by atoms with Gasteiger partial charge in [-0.2, -0.15) is 11.8 Å². The Bertz CT molecular complexity index is 981. The van der Waals surface area contributed by atoms with Crippen LogP contribution >= 0.6 is 11.8 Å². The van der Waals surface area contributed by atoms with Gasteiger partial charge in [0.15, 0.2) is 5.78 Å². The van der Waals surface area contributed by atoms with E-state index in [1.165, 1.54) is 11.8 Å². The highest BCUT2D eigenvalue weighted by Crippen LogP contribution is 2.15. The first-order valence-electron chi connectivity index (χ1n) is 15.8. The van der Waals surface area contributed by atoms with Gasteiger partial charge in [-0.25, -0.2) is 4.79 Å². The van der Waals surface area contributed by atoms with Gasteiger partial charge in [-0.3, -0.25) is 19.2 Å². The average Bonchev–Trinajstić information content (AvgIpc) is 2.96. The predicted molar refractivity (Wildman–Crippen MR) is 179 cm³/mol. The lowest BCUT2D eigenvalue weighted by molar-refractivity contribution is -0.135. The third kappa shape index (κ3) is 15.8. The van der Waals surface area contributed by atoms with Gasteiger partial charge < -0.3 is 26.0 Å². The molecular formula is C33H58N4O6S. The van der Waals surface area contributed by atoms with Gasteiger partial charge in [0.2, 0.25) is 17.7 Å². The second-order valence-corrected chi connectivity index (χ2v) is 13.4. The van der Waals surface area contributed by atoms with E-state index in [1.807, 2.05) is 54.7 Å². The molecule has 0 bridgehead atoms. The van der Waals surface area contributed by atoms with E-state index < -0.39 is 48.0 Å². The summed E-state index contributed by atoms with van der Waals surface area (Å²) in [4.78, 5) is 66.1. The van der Waals surface area contributed by atoms with E-state index in [-0.39, 0.29) is 42.5 Å². The molecule has 0 aliphatic rings. The number of nitrogens with one attached hydrogen (secondary N) is 4. The predicted octanol–water partition coefficient (Wildman–Crippen LogP) is 4.78. The van der Waals surface area contributed by atoms with Crippen molar-refractivity contribution in [2.45, 2.75) is 112 Å². The molecule has 44 heavy (non-hydrogen) atoms. The number of rotatable bonds is 21. The van der Waals surface area contributed by atoms with Crippen LogP contribution in [0.3, 0.4) is 0 Å². The SMILES string of the molecule is C=C/C(=C\C)CC(NC(=O)C(NC(=O)C(CCSC)NC(=O)OCC(C)C)C(C)CC)C(=O)NC(CC(C)C)C(=O)C(C)C. The Morgan fingerprint density at radius 3 is 1.89 bits per heavy atom. The van der Waals surface area contributed by atoms with E-state index in [0.717, 1.165) is 5.57 Å². The Hall–Kier alpha value is -2.82. The van der Waals surface area contributed by atoms with Crippen molar-refractivity contribution >= 4 is 41.4 Å². The Balaban J connectivity index is 6.13. The molecule has 5 unspecified atom stereocenters. The molecule has 10 nitrogen and oxygen atoms in total. The maximum absolute atomic E-state index is 13.8. The normalized spacial score (nSPS) is 15.2. The van der Waals surface area contributed by atoms with Crippen LogP contribution in [0.1, 0.15) is 88.0 Å². The van der Waals surface area contributed by atoms with E-state index in [2.05, 4.69) is 27.8 Å². The number of hydrogen-bond donors (Lipinski definition) is 4. The summed E-state index contributed by atoms with van der Waals surface area (Å²) in [6, 6.07) is -3.59. The van der Waals surface area contributed by atoms with Crippen LogP contribution in [0.5, 0.6) is 0 Å². The van der Waals surface area contributed by atoms with E-state index >= 15 is 0 Å². The van der Waals surface area contributed by atoms with Crippen LogP contribution in [0.2, 0.25) is 0 Å². The maximum Gasteiger partial charge on any atom is 0.407 e. The van der Waals surface area contributed by atoms with Gasteiger partial charge in [-0.05, 0) is 49.5 Å². The first-order chi connectivity index (χ1) is 20.6. The fourth-order valence-corrected chi connectivity index (χ4v) is 4.78. The highest BCUT2D eigenvalue weighted by atomic mass is 32.2. The number of allylic oxidation sites excluding steroid dienone is 2. The molecule has 0 aromatic carbocycles. The lowest BCUT2D eigenvalue weighted by atomic mass is 9.93. The first-order valence-corrected chi connectivity index (χ1v) is 17.2. The average molecular weight is 639 g/mol. The number of alkyl carbamates (subject to hydrolysis) is 1. The molecule has 0 aromatic heterocycles. The van der Waals surface area contributed by atoms with E-state index in [0.29, 0.717) is 25.0 Å². The minimum atomic E-state index is -1.01. The molecule has 0 aliphatic heterocycles. The molecule has 0 saturated heterocycles. The summed E-state index contributed by atoms with van der Waals surface area (Å²) in [5.74, 6) is -1.26. The quantitative estimate of drug-likeness (QED) is 0.133. The molecule has 0 aromatic rings. The summed E-state index contributed by atoms with van der Waals surface area (Å²) in [6.45, 7) is 20.9. The highest BCUT2D eigenvalue weighted by Gasteiger charge is 2.34. The number of Topliss-reactive ketones (excluding diaryl/α,β-unsaturated/α-hetero) is 1. The summed E-state index contributed by atoms with van der Waals surface area (Å²) in [5, 5.41) is 11.2. The zero-order valence-corrected chi connectivity index (χ0v) is 29.4. The maximum atomic E-state index is 13.8. The number of hydrogen-bond acceptors (Lipinski definition) is 7. The van der Waals surface area contributed by atoms with Crippen LogP contribution in [0.4, 0.5) is 4.79 Å². The van der Waals surface area contributed by atoms with Gasteiger partial charge in [-0.15, -0.1) is 0 Å². The van der Waals surface area contributed by atoms with Crippen molar-refractivity contribution in [2.75, 3.05) is 18.6 Å². The lowest BCUT2D eigenvalue weighted by Gasteiger charge is -2.29. The first kappa shape index (κ1) is 41.2. The van der Waals surface area contributed by atoms with Gasteiger partial charge in [0.25, 0.3) is 0 Å². The Kier molecular flexibility index (Phi) is 20.4. The highest BCUT2D eigenvalue weighted by molar-refractivity contribution is 7.98. The molecule has 252 valence electrons. The van der Waals surface area contributed by atoms with Crippen molar-refractivity contribution in [3.63, 3.8) is 0 Å². The molecule has 0 radical (unpaired) electrons. The van der Waals surface area contributed by atoms with Crippen LogP contribution in [0, 0.1) is 23.7 Å². The van der Waals surface area contributed by atoms with Crippen molar-refractivity contribution in [3.8, 4) is 0 Å². The van der Waals surface area contributed by atoms with Gasteiger partial charge in [0.1, 0.15) is 18.1 Å². The van der Waals surface area contributed by atoms with Gasteiger partial charge in [0.05, 0.1) is 12.6 Å². The molecule has 5 atom stereocenters. The van der Waals surface area contributed by atoms with Crippen molar-refractivity contribution in [1.29, 1.82) is 0 Å². The third-order valence-corrected chi connectivity index (χ3v) is 7.85. The molecular weight excluding hydrogens is 580 g/mol. The molecule has 4 amide bonds. The number of amides is 4. The molecule has 0 heterocycles. The molecule has 4 N–H and O–H groups in total. The topological polar surface area (TPSA) is 143 Å². The fourth-order valence-electron chi connectivity index (χ4n) is 4.30. The Labute approximate surface area is 269 Å². The molecule has 0 rings (SSSR count). The number of ketones is 1. The van der Waals surface area contributed by atoms with Crippen molar-refractivity contribution in [1.82, 2.24) is 21.3 Å². The minimum Gasteiger partial charge on any atom is -0.449 e. The van der Waals surface area contributed by atoms with E-state index in [4.69, 9.17) is 4.74 Å². The van der Waals surface area contributed by atoms with Crippen molar-refractivity contribution in [2.24, 2.45) is 23.7 Å². The second kappa shape index (κ2) is 21.8. The molecule has 11 heteroatoms. The molecule has 0 aliphatic carbocycles. The van der Waals surface area contributed by atoms with E-state index in [9.17, 15) is 24.0 Å². The monoisotopic (exact) mass is 638 g/mol. The molecule has 0 fully saturated rings. The Morgan fingerprint density at radius 1 is 0.818 bits per heavy atom. The summed E-state index contributed by atoms with van der Waals surface area (Å²) >= 11 is 1.53. The number of carbonyl (C=O) groups is 5. The van der Waals surface area contributed by atoms with Crippen LogP contribution in [0.15, 0.2) is 24.3 Å². The zero-order chi connectivity index (χ0) is 34.0. The number of carbonyl (C=O) groups excluding carboxylic acids is 5. The Morgan fingerprint density at radius 2 is 1.41 bits per heavy atom. The van der Waals surface area contributed by atoms with Crippen molar-refractivity contribution < 1.29 is 28.7 Å². The molecule has 0 spiro atoms. The zero-order valence-electron chi connectivity index (χ0n) is 28.6. The van der Waals surface area contributed by atoms with Crippen LogP contribution in [-0.2, 0) is 23.9 Å². The summed E-state index contributed by atoms with van der Waals surface area (Å²) in [6.07, 6.45) is 6.16. The van der Waals surface area contributed by atoms with Gasteiger partial charge >= 0.3 is 6.09 Å². The standard InChI is InChI=1S/C33H58N4O6S/c1-12-23(10)28(37-30(39)25(15-16-44-11)36-33(42)43-19-21(6)7)32(41)35-27(18-24(13-2)14-3)31(40)34-26(17-20(4)5)29(38)22(8)9/h13-14,20-23,25-28H,2,12,15-19H2,1,3-11H3,(H,34,40)(H,35,41)(H,36,42)(H,37,39)/b24-14+. The lowest BCUT2D eigenvalue weighted by Crippen LogP contribution is -2.59. The van der Waals surface area contributed by atoms with Crippen LogP contribution < -0.4 is 21.3 Å². The third-order valence-electron chi connectivity index (χ3n) is 7.20. The van der Waals surface area contributed by atoms with Crippen molar-refractivity contribution in [3.05, 3.63) is 24.3 Å².